The van der Waals surface area contributed by atoms with Crippen molar-refractivity contribution >= 4 is 27.6 Å². The minimum absolute atomic E-state index is 0.0790. The van der Waals surface area contributed by atoms with E-state index in [0.29, 0.717) is 24.9 Å². The Hall–Kier alpha value is -2.94. The van der Waals surface area contributed by atoms with E-state index in [1.54, 1.807) is 24.8 Å². The molecule has 2 aromatic rings. The number of anilines is 1. The number of nitrogens with one attached hydrogen (secondary N) is 1. The van der Waals surface area contributed by atoms with E-state index in [4.69, 9.17) is 4.74 Å². The second-order valence-corrected chi connectivity index (χ2v) is 9.11. The molecule has 3 rings (SSSR count). The number of sulfonamides is 1. The average molecular weight is 449 g/mol. The number of carbonyl (C=O) groups is 2. The van der Waals surface area contributed by atoms with Crippen LogP contribution in [0.1, 0.15) is 35.7 Å². The van der Waals surface area contributed by atoms with E-state index in [2.05, 4.69) is 4.72 Å². The number of likely N-dealkylation sites (tertiary alicyclic amines) is 1. The van der Waals surface area contributed by atoms with Crippen LogP contribution in [0.15, 0.2) is 47.4 Å². The summed E-state index contributed by atoms with van der Waals surface area (Å²) in [4.78, 5) is 26.7. The van der Waals surface area contributed by atoms with Crippen LogP contribution in [0, 0.1) is 18.7 Å². The molecule has 1 amide bonds. The standard InChI is InChI=1S/C22H25FN2O5S/c1-3-30-22(27)16-5-4-12-25(14-16)21(26)20-13-19(11-6-15(20)2)31(28,29)24-18-9-7-17(23)8-10-18/h6-11,13,16,24H,3-5,12,14H2,1-2H3. The molecule has 1 unspecified atom stereocenters. The van der Waals surface area contributed by atoms with Gasteiger partial charge < -0.3 is 9.64 Å². The van der Waals surface area contributed by atoms with Crippen molar-refractivity contribution in [1.29, 1.82) is 0 Å². The number of carbonyl (C=O) groups excluding carboxylic acids is 2. The Labute approximate surface area is 181 Å². The number of halogens is 1. The number of aryl methyl sites for hydroxylation is 1. The molecular formula is C22H25FN2O5S. The number of piperidine rings is 1. The van der Waals surface area contributed by atoms with Crippen LogP contribution in [-0.2, 0) is 19.6 Å². The molecule has 0 aliphatic carbocycles. The summed E-state index contributed by atoms with van der Waals surface area (Å²) in [5, 5.41) is 0. The van der Waals surface area contributed by atoms with E-state index in [0.717, 1.165) is 12.1 Å². The molecular weight excluding hydrogens is 423 g/mol. The fourth-order valence-corrected chi connectivity index (χ4v) is 4.60. The van der Waals surface area contributed by atoms with Gasteiger partial charge in [-0.2, -0.15) is 0 Å². The molecule has 0 spiro atoms. The van der Waals surface area contributed by atoms with Crippen molar-refractivity contribution in [3.8, 4) is 0 Å². The Balaban J connectivity index is 1.82. The lowest BCUT2D eigenvalue weighted by Gasteiger charge is -2.32. The Bertz CT molecular complexity index is 1070. The number of hydrogen-bond donors (Lipinski definition) is 1. The summed E-state index contributed by atoms with van der Waals surface area (Å²) in [6.45, 7) is 4.47. The fourth-order valence-electron chi connectivity index (χ4n) is 3.52. The number of amides is 1. The van der Waals surface area contributed by atoms with Gasteiger partial charge in [0.1, 0.15) is 5.82 Å². The van der Waals surface area contributed by atoms with Crippen LogP contribution in [-0.4, -0.2) is 44.9 Å². The average Bonchev–Trinajstić information content (AvgIpc) is 2.75. The largest absolute Gasteiger partial charge is 0.466 e. The second kappa shape index (κ2) is 9.47. The highest BCUT2D eigenvalue weighted by molar-refractivity contribution is 7.92. The molecule has 1 heterocycles. The summed E-state index contributed by atoms with van der Waals surface area (Å²) in [6.07, 6.45) is 1.32. The van der Waals surface area contributed by atoms with Crippen molar-refractivity contribution in [2.45, 2.75) is 31.6 Å². The first-order chi connectivity index (χ1) is 14.7. The highest BCUT2D eigenvalue weighted by Gasteiger charge is 2.30. The van der Waals surface area contributed by atoms with Crippen molar-refractivity contribution in [3.05, 3.63) is 59.4 Å². The summed E-state index contributed by atoms with van der Waals surface area (Å²) in [7, 11) is -3.98. The Kier molecular flexibility index (Phi) is 6.94. The molecule has 31 heavy (non-hydrogen) atoms. The second-order valence-electron chi connectivity index (χ2n) is 7.43. The van der Waals surface area contributed by atoms with Gasteiger partial charge in [-0.15, -0.1) is 0 Å². The van der Waals surface area contributed by atoms with E-state index in [-0.39, 0.29) is 47.1 Å². The van der Waals surface area contributed by atoms with Crippen LogP contribution < -0.4 is 4.72 Å². The van der Waals surface area contributed by atoms with Gasteiger partial charge in [0, 0.05) is 24.3 Å². The molecule has 1 atom stereocenters. The van der Waals surface area contributed by atoms with E-state index in [1.165, 1.54) is 24.3 Å². The van der Waals surface area contributed by atoms with Crippen molar-refractivity contribution in [2.24, 2.45) is 5.92 Å². The molecule has 1 N–H and O–H groups in total. The third-order valence-corrected chi connectivity index (χ3v) is 6.55. The molecule has 1 saturated heterocycles. The summed E-state index contributed by atoms with van der Waals surface area (Å²) < 4.78 is 46.1. The molecule has 0 radical (unpaired) electrons. The van der Waals surface area contributed by atoms with E-state index >= 15 is 0 Å². The minimum atomic E-state index is -3.98. The first-order valence-corrected chi connectivity index (χ1v) is 11.5. The van der Waals surface area contributed by atoms with Crippen molar-refractivity contribution < 1.29 is 27.1 Å². The number of nitrogens with zero attached hydrogens (tertiary/aromatic N) is 1. The number of benzene rings is 2. The number of rotatable bonds is 6. The summed E-state index contributed by atoms with van der Waals surface area (Å²) in [5.41, 5.74) is 1.10. The van der Waals surface area contributed by atoms with Gasteiger partial charge in [0.2, 0.25) is 0 Å². The van der Waals surface area contributed by atoms with Gasteiger partial charge in [-0.25, -0.2) is 12.8 Å². The maximum atomic E-state index is 13.1. The van der Waals surface area contributed by atoms with Crippen LogP contribution in [0.3, 0.4) is 0 Å². The third kappa shape index (κ3) is 5.41. The number of ether oxygens (including phenoxy) is 1. The zero-order valence-electron chi connectivity index (χ0n) is 17.4. The molecule has 7 nitrogen and oxygen atoms in total. The molecule has 1 aliphatic heterocycles. The van der Waals surface area contributed by atoms with Gasteiger partial charge >= 0.3 is 5.97 Å². The highest BCUT2D eigenvalue weighted by atomic mass is 32.2. The third-order valence-electron chi connectivity index (χ3n) is 5.17. The lowest BCUT2D eigenvalue weighted by atomic mass is 9.97. The van der Waals surface area contributed by atoms with Crippen LogP contribution >= 0.6 is 0 Å². The minimum Gasteiger partial charge on any atom is -0.466 e. The van der Waals surface area contributed by atoms with Gasteiger partial charge in [0.05, 0.1) is 17.4 Å². The summed E-state index contributed by atoms with van der Waals surface area (Å²) >= 11 is 0. The van der Waals surface area contributed by atoms with Gasteiger partial charge in [0.15, 0.2) is 0 Å². The Morgan fingerprint density at radius 3 is 2.58 bits per heavy atom. The van der Waals surface area contributed by atoms with E-state index in [1.807, 2.05) is 0 Å². The first-order valence-electron chi connectivity index (χ1n) is 10.1. The maximum absolute atomic E-state index is 13.1. The van der Waals surface area contributed by atoms with Crippen LogP contribution in [0.2, 0.25) is 0 Å². The molecule has 1 fully saturated rings. The smallest absolute Gasteiger partial charge is 0.310 e. The van der Waals surface area contributed by atoms with Gasteiger partial charge in [-0.05, 0) is 68.7 Å². The monoisotopic (exact) mass is 448 g/mol. The van der Waals surface area contributed by atoms with E-state index < -0.39 is 15.8 Å². The normalized spacial score (nSPS) is 16.6. The first kappa shape index (κ1) is 22.7. The zero-order chi connectivity index (χ0) is 22.6. The molecule has 0 bridgehead atoms. The summed E-state index contributed by atoms with van der Waals surface area (Å²) in [6, 6.07) is 9.25. The Morgan fingerprint density at radius 2 is 1.90 bits per heavy atom. The summed E-state index contributed by atoms with van der Waals surface area (Å²) in [5.74, 6) is -1.51. The van der Waals surface area contributed by atoms with Crippen LogP contribution in [0.5, 0.6) is 0 Å². The van der Waals surface area contributed by atoms with Crippen LogP contribution in [0.4, 0.5) is 10.1 Å². The van der Waals surface area contributed by atoms with Crippen molar-refractivity contribution in [1.82, 2.24) is 4.90 Å². The van der Waals surface area contributed by atoms with Gasteiger partial charge in [0.25, 0.3) is 15.9 Å². The van der Waals surface area contributed by atoms with Crippen LogP contribution in [0.25, 0.3) is 0 Å². The number of hydrogen-bond acceptors (Lipinski definition) is 5. The maximum Gasteiger partial charge on any atom is 0.310 e. The SMILES string of the molecule is CCOC(=O)C1CCCN(C(=O)c2cc(S(=O)(=O)Nc3ccc(F)cc3)ccc2C)C1. The highest BCUT2D eigenvalue weighted by Crippen LogP contribution is 2.24. The molecule has 0 aromatic heterocycles. The predicted octanol–water partition coefficient (Wildman–Crippen LogP) is 3.35. The molecule has 2 aromatic carbocycles. The lowest BCUT2D eigenvalue weighted by molar-refractivity contribution is -0.149. The molecule has 166 valence electrons. The number of esters is 1. The lowest BCUT2D eigenvalue weighted by Crippen LogP contribution is -2.43. The van der Waals surface area contributed by atoms with Crippen molar-refractivity contribution in [2.75, 3.05) is 24.4 Å². The Morgan fingerprint density at radius 1 is 1.19 bits per heavy atom. The zero-order valence-corrected chi connectivity index (χ0v) is 18.2. The molecule has 9 heteroatoms. The quantitative estimate of drug-likeness (QED) is 0.684. The van der Waals surface area contributed by atoms with E-state index in [9.17, 15) is 22.4 Å². The van der Waals surface area contributed by atoms with Gasteiger partial charge in [-0.3, -0.25) is 14.3 Å². The topological polar surface area (TPSA) is 92.8 Å². The predicted molar refractivity (Wildman–Crippen MR) is 114 cm³/mol. The fraction of sp³-hybridized carbons (Fsp3) is 0.364. The molecule has 0 saturated carbocycles. The van der Waals surface area contributed by atoms with Crippen molar-refractivity contribution in [3.63, 3.8) is 0 Å². The van der Waals surface area contributed by atoms with Gasteiger partial charge in [-0.1, -0.05) is 6.07 Å². The molecule has 1 aliphatic rings.